The summed E-state index contributed by atoms with van der Waals surface area (Å²) in [5, 5.41) is 2.24. The SMILES string of the molecule is O=c1c2ccccc2nc(-c2ccc(Cl)cc2)n1CCOCCOc1c(Cl)cc(Cl)cc1Cl. The molecule has 0 N–H and O–H groups in total. The maximum Gasteiger partial charge on any atom is 0.261 e. The summed E-state index contributed by atoms with van der Waals surface area (Å²) in [4.78, 5) is 17.9. The van der Waals surface area contributed by atoms with Gasteiger partial charge in [-0.15, -0.1) is 0 Å². The predicted octanol–water partition coefficient (Wildman–Crippen LogP) is 6.77. The molecular formula is C24H18Cl4N2O3. The normalized spacial score (nSPS) is 11.2. The van der Waals surface area contributed by atoms with Gasteiger partial charge in [0.05, 0.1) is 40.7 Å². The Balaban J connectivity index is 1.46. The van der Waals surface area contributed by atoms with Crippen LogP contribution in [-0.4, -0.2) is 29.4 Å². The van der Waals surface area contributed by atoms with E-state index in [1.54, 1.807) is 34.9 Å². The van der Waals surface area contributed by atoms with Gasteiger partial charge in [0.2, 0.25) is 0 Å². The van der Waals surface area contributed by atoms with Crippen molar-refractivity contribution in [3.05, 3.63) is 91.1 Å². The molecule has 0 bridgehead atoms. The van der Waals surface area contributed by atoms with Crippen molar-refractivity contribution in [1.82, 2.24) is 9.55 Å². The van der Waals surface area contributed by atoms with Crippen molar-refractivity contribution in [2.75, 3.05) is 19.8 Å². The highest BCUT2D eigenvalue weighted by Crippen LogP contribution is 2.35. The number of benzene rings is 3. The van der Waals surface area contributed by atoms with Crippen LogP contribution in [-0.2, 0) is 11.3 Å². The molecule has 3 aromatic carbocycles. The van der Waals surface area contributed by atoms with Gasteiger partial charge in [0.25, 0.3) is 5.56 Å². The van der Waals surface area contributed by atoms with E-state index in [1.807, 2.05) is 30.3 Å². The molecule has 33 heavy (non-hydrogen) atoms. The molecule has 1 aromatic heterocycles. The Bertz CT molecular complexity index is 1320. The lowest BCUT2D eigenvalue weighted by Crippen LogP contribution is -2.26. The number of para-hydroxylation sites is 1. The van der Waals surface area contributed by atoms with E-state index in [0.29, 0.717) is 49.1 Å². The largest absolute Gasteiger partial charge is 0.488 e. The second-order valence-electron chi connectivity index (χ2n) is 7.08. The van der Waals surface area contributed by atoms with E-state index in [0.717, 1.165) is 5.56 Å². The summed E-state index contributed by atoms with van der Waals surface area (Å²) in [7, 11) is 0. The molecule has 0 aliphatic heterocycles. The Labute approximate surface area is 210 Å². The van der Waals surface area contributed by atoms with Crippen molar-refractivity contribution in [3.8, 4) is 17.1 Å². The fraction of sp³-hybridized carbons (Fsp3) is 0.167. The Morgan fingerprint density at radius 2 is 1.52 bits per heavy atom. The van der Waals surface area contributed by atoms with E-state index in [1.165, 1.54) is 0 Å². The van der Waals surface area contributed by atoms with E-state index < -0.39 is 0 Å². The third kappa shape index (κ3) is 5.62. The summed E-state index contributed by atoms with van der Waals surface area (Å²) in [6, 6.07) is 17.6. The minimum Gasteiger partial charge on any atom is -0.488 e. The number of ether oxygens (including phenoxy) is 2. The molecule has 170 valence electrons. The molecule has 4 rings (SSSR count). The molecule has 0 atom stereocenters. The fourth-order valence-electron chi connectivity index (χ4n) is 3.32. The van der Waals surface area contributed by atoms with Gasteiger partial charge in [0, 0.05) is 15.6 Å². The van der Waals surface area contributed by atoms with Gasteiger partial charge >= 0.3 is 0 Å². The number of aromatic nitrogens is 2. The van der Waals surface area contributed by atoms with Crippen LogP contribution in [0.3, 0.4) is 0 Å². The molecule has 0 aliphatic carbocycles. The summed E-state index contributed by atoms with van der Waals surface area (Å²) in [6.07, 6.45) is 0. The van der Waals surface area contributed by atoms with Crippen molar-refractivity contribution < 1.29 is 9.47 Å². The van der Waals surface area contributed by atoms with Crippen LogP contribution in [0, 0.1) is 0 Å². The minimum atomic E-state index is -0.134. The number of halogens is 4. The van der Waals surface area contributed by atoms with E-state index in [-0.39, 0.29) is 25.4 Å². The first-order valence-electron chi connectivity index (χ1n) is 10.0. The zero-order valence-corrected chi connectivity index (χ0v) is 20.3. The Hall–Kier alpha value is -2.28. The molecule has 0 unspecified atom stereocenters. The molecule has 0 radical (unpaired) electrons. The molecule has 0 aliphatic rings. The molecule has 0 saturated carbocycles. The molecule has 4 aromatic rings. The summed E-state index contributed by atoms with van der Waals surface area (Å²) >= 11 is 24.2. The quantitative estimate of drug-likeness (QED) is 0.239. The van der Waals surface area contributed by atoms with Gasteiger partial charge in [0.1, 0.15) is 12.4 Å². The Kier molecular flexibility index (Phi) is 7.78. The van der Waals surface area contributed by atoms with Crippen LogP contribution in [0.2, 0.25) is 20.1 Å². The van der Waals surface area contributed by atoms with E-state index >= 15 is 0 Å². The smallest absolute Gasteiger partial charge is 0.261 e. The average Bonchev–Trinajstić information content (AvgIpc) is 2.79. The lowest BCUT2D eigenvalue weighted by molar-refractivity contribution is 0.0941. The van der Waals surface area contributed by atoms with Crippen molar-refractivity contribution in [1.29, 1.82) is 0 Å². The second-order valence-corrected chi connectivity index (χ2v) is 8.76. The predicted molar refractivity (Wildman–Crippen MR) is 134 cm³/mol. The summed E-state index contributed by atoms with van der Waals surface area (Å²) in [5.74, 6) is 0.904. The number of hydrogen-bond donors (Lipinski definition) is 0. The highest BCUT2D eigenvalue weighted by atomic mass is 35.5. The number of hydrogen-bond acceptors (Lipinski definition) is 4. The molecule has 0 spiro atoms. The number of rotatable bonds is 8. The monoisotopic (exact) mass is 522 g/mol. The number of nitrogens with zero attached hydrogens (tertiary/aromatic N) is 2. The molecular weight excluding hydrogens is 506 g/mol. The first kappa shape index (κ1) is 23.9. The highest BCUT2D eigenvalue weighted by Gasteiger charge is 2.13. The standard InChI is InChI=1S/C24H18Cl4N2O3/c25-16-7-5-15(6-8-16)23-29-21-4-2-1-3-18(21)24(31)30(23)9-10-32-11-12-33-22-19(27)13-17(26)14-20(22)28/h1-8,13-14H,9-12H2. The van der Waals surface area contributed by atoms with Crippen molar-refractivity contribution in [3.63, 3.8) is 0 Å². The summed E-state index contributed by atoms with van der Waals surface area (Å²) in [5.41, 5.74) is 1.29. The van der Waals surface area contributed by atoms with Crippen LogP contribution >= 0.6 is 46.4 Å². The van der Waals surface area contributed by atoms with Gasteiger partial charge in [-0.2, -0.15) is 0 Å². The third-order valence-electron chi connectivity index (χ3n) is 4.86. The summed E-state index contributed by atoms with van der Waals surface area (Å²) in [6.45, 7) is 1.11. The first-order chi connectivity index (χ1) is 15.9. The van der Waals surface area contributed by atoms with Gasteiger partial charge in [-0.1, -0.05) is 58.5 Å². The van der Waals surface area contributed by atoms with Crippen molar-refractivity contribution >= 4 is 57.3 Å². The lowest BCUT2D eigenvalue weighted by atomic mass is 10.2. The molecule has 9 heteroatoms. The van der Waals surface area contributed by atoms with E-state index in [4.69, 9.17) is 60.9 Å². The Morgan fingerprint density at radius 1 is 0.818 bits per heavy atom. The topological polar surface area (TPSA) is 53.4 Å². The zero-order valence-electron chi connectivity index (χ0n) is 17.2. The molecule has 5 nitrogen and oxygen atoms in total. The third-order valence-corrected chi connectivity index (χ3v) is 5.89. The Morgan fingerprint density at radius 3 is 2.24 bits per heavy atom. The number of fused-ring (bicyclic) bond motifs is 1. The molecule has 1 heterocycles. The molecule has 0 saturated heterocycles. The zero-order chi connectivity index (χ0) is 23.4. The van der Waals surface area contributed by atoms with Crippen LogP contribution < -0.4 is 10.3 Å². The van der Waals surface area contributed by atoms with Crippen LogP contribution in [0.5, 0.6) is 5.75 Å². The minimum absolute atomic E-state index is 0.134. The van der Waals surface area contributed by atoms with Gasteiger partial charge in [-0.25, -0.2) is 4.98 Å². The van der Waals surface area contributed by atoms with Gasteiger partial charge < -0.3 is 9.47 Å². The maximum atomic E-state index is 13.2. The van der Waals surface area contributed by atoms with Crippen molar-refractivity contribution in [2.24, 2.45) is 0 Å². The summed E-state index contributed by atoms with van der Waals surface area (Å²) < 4.78 is 12.9. The van der Waals surface area contributed by atoms with E-state index in [2.05, 4.69) is 0 Å². The van der Waals surface area contributed by atoms with Crippen LogP contribution in [0.4, 0.5) is 0 Å². The highest BCUT2D eigenvalue weighted by molar-refractivity contribution is 6.40. The van der Waals surface area contributed by atoms with Gasteiger partial charge in [-0.3, -0.25) is 9.36 Å². The van der Waals surface area contributed by atoms with Crippen molar-refractivity contribution in [2.45, 2.75) is 6.54 Å². The van der Waals surface area contributed by atoms with Gasteiger partial charge in [0.15, 0.2) is 5.75 Å². The lowest BCUT2D eigenvalue weighted by Gasteiger charge is -2.14. The van der Waals surface area contributed by atoms with Crippen LogP contribution in [0.25, 0.3) is 22.3 Å². The first-order valence-corrected chi connectivity index (χ1v) is 11.6. The molecule has 0 fully saturated rings. The van der Waals surface area contributed by atoms with Crippen LogP contribution in [0.1, 0.15) is 0 Å². The molecule has 0 amide bonds. The van der Waals surface area contributed by atoms with E-state index in [9.17, 15) is 4.79 Å². The second kappa shape index (κ2) is 10.8. The fourth-order valence-corrected chi connectivity index (χ4v) is 4.37. The maximum absolute atomic E-state index is 13.2. The van der Waals surface area contributed by atoms with Crippen LogP contribution in [0.15, 0.2) is 65.5 Å². The average molecular weight is 524 g/mol. The van der Waals surface area contributed by atoms with Gasteiger partial charge in [-0.05, 0) is 48.5 Å².